The van der Waals surface area contributed by atoms with E-state index in [1.165, 1.54) is 12.1 Å². The van der Waals surface area contributed by atoms with Crippen molar-refractivity contribution in [3.8, 4) is 0 Å². The molecule has 22 heavy (non-hydrogen) atoms. The van der Waals surface area contributed by atoms with Gasteiger partial charge in [-0.05, 0) is 40.1 Å². The number of carboxylic acid groups (broad SMARTS) is 1. The SMILES string of the molecule is C[C@@H](c1ccccc1C(=O)O)c1cc(F)cc2ccccc12. The Hall–Kier alpha value is -2.68. The minimum atomic E-state index is -0.969. The van der Waals surface area contributed by atoms with Gasteiger partial charge in [-0.2, -0.15) is 0 Å². The molecule has 0 amide bonds. The van der Waals surface area contributed by atoms with E-state index in [4.69, 9.17) is 0 Å². The fraction of sp³-hybridized carbons (Fsp3) is 0.105. The van der Waals surface area contributed by atoms with Crippen molar-refractivity contribution in [1.82, 2.24) is 0 Å². The van der Waals surface area contributed by atoms with Gasteiger partial charge >= 0.3 is 5.97 Å². The molecule has 3 rings (SSSR count). The van der Waals surface area contributed by atoms with Gasteiger partial charge in [-0.25, -0.2) is 9.18 Å². The van der Waals surface area contributed by atoms with E-state index >= 15 is 0 Å². The van der Waals surface area contributed by atoms with Crippen molar-refractivity contribution in [3.63, 3.8) is 0 Å². The molecule has 0 unspecified atom stereocenters. The molecule has 0 spiro atoms. The molecule has 0 saturated carbocycles. The molecular formula is C19H15FO2. The molecule has 3 aromatic rings. The van der Waals surface area contributed by atoms with Crippen molar-refractivity contribution >= 4 is 16.7 Å². The Balaban J connectivity index is 2.22. The zero-order chi connectivity index (χ0) is 15.7. The maximum Gasteiger partial charge on any atom is 0.335 e. The molecule has 3 aromatic carbocycles. The molecule has 0 aliphatic carbocycles. The maximum absolute atomic E-state index is 13.9. The Morgan fingerprint density at radius 3 is 2.45 bits per heavy atom. The Kier molecular flexibility index (Phi) is 3.63. The van der Waals surface area contributed by atoms with Gasteiger partial charge in [-0.15, -0.1) is 0 Å². The number of halogens is 1. The van der Waals surface area contributed by atoms with Gasteiger partial charge < -0.3 is 5.11 Å². The van der Waals surface area contributed by atoms with E-state index in [2.05, 4.69) is 0 Å². The number of rotatable bonds is 3. The van der Waals surface area contributed by atoms with Crippen LogP contribution in [0.3, 0.4) is 0 Å². The van der Waals surface area contributed by atoms with E-state index in [0.717, 1.165) is 16.3 Å². The van der Waals surface area contributed by atoms with Crippen molar-refractivity contribution in [1.29, 1.82) is 0 Å². The Bertz CT molecular complexity index is 855. The normalized spacial score (nSPS) is 12.3. The molecule has 110 valence electrons. The Labute approximate surface area is 127 Å². The molecule has 0 aliphatic heterocycles. The largest absolute Gasteiger partial charge is 0.478 e. The van der Waals surface area contributed by atoms with Crippen LogP contribution < -0.4 is 0 Å². The van der Waals surface area contributed by atoms with Crippen molar-refractivity contribution < 1.29 is 14.3 Å². The molecule has 0 fully saturated rings. The first-order chi connectivity index (χ1) is 10.6. The second-order valence-corrected chi connectivity index (χ2v) is 5.33. The van der Waals surface area contributed by atoms with Crippen molar-refractivity contribution in [3.05, 3.63) is 83.2 Å². The van der Waals surface area contributed by atoms with Crippen LogP contribution in [0.2, 0.25) is 0 Å². The van der Waals surface area contributed by atoms with E-state index in [9.17, 15) is 14.3 Å². The van der Waals surface area contributed by atoms with Gasteiger partial charge in [0, 0.05) is 5.92 Å². The van der Waals surface area contributed by atoms with Crippen LogP contribution in [0.25, 0.3) is 10.8 Å². The van der Waals surface area contributed by atoms with Gasteiger partial charge in [0.25, 0.3) is 0 Å². The summed E-state index contributed by atoms with van der Waals surface area (Å²) in [7, 11) is 0. The highest BCUT2D eigenvalue weighted by atomic mass is 19.1. The number of hydrogen-bond acceptors (Lipinski definition) is 1. The number of carboxylic acids is 1. The first kappa shape index (κ1) is 14.3. The number of carbonyl (C=O) groups is 1. The first-order valence-electron chi connectivity index (χ1n) is 7.08. The topological polar surface area (TPSA) is 37.3 Å². The van der Waals surface area contributed by atoms with Crippen LogP contribution in [-0.4, -0.2) is 11.1 Å². The summed E-state index contributed by atoms with van der Waals surface area (Å²) in [5.74, 6) is -1.50. The third-order valence-corrected chi connectivity index (χ3v) is 3.98. The Morgan fingerprint density at radius 1 is 1.00 bits per heavy atom. The van der Waals surface area contributed by atoms with Crippen molar-refractivity contribution in [2.45, 2.75) is 12.8 Å². The minimum Gasteiger partial charge on any atom is -0.478 e. The molecule has 0 aromatic heterocycles. The lowest BCUT2D eigenvalue weighted by atomic mass is 9.87. The van der Waals surface area contributed by atoms with Gasteiger partial charge in [0.2, 0.25) is 0 Å². The average Bonchev–Trinajstić information content (AvgIpc) is 2.53. The van der Waals surface area contributed by atoms with Crippen molar-refractivity contribution in [2.24, 2.45) is 0 Å². The summed E-state index contributed by atoms with van der Waals surface area (Å²) >= 11 is 0. The van der Waals surface area contributed by atoms with E-state index in [0.29, 0.717) is 5.56 Å². The number of aromatic carboxylic acids is 1. The molecule has 0 radical (unpaired) electrons. The van der Waals surface area contributed by atoms with Crippen LogP contribution in [0, 0.1) is 5.82 Å². The second-order valence-electron chi connectivity index (χ2n) is 5.33. The van der Waals surface area contributed by atoms with E-state index in [1.807, 2.05) is 31.2 Å². The molecule has 0 aliphatic rings. The lowest BCUT2D eigenvalue weighted by Gasteiger charge is -2.17. The predicted molar refractivity (Wildman–Crippen MR) is 84.8 cm³/mol. The third-order valence-electron chi connectivity index (χ3n) is 3.98. The summed E-state index contributed by atoms with van der Waals surface area (Å²) in [6.45, 7) is 1.91. The quantitative estimate of drug-likeness (QED) is 0.751. The average molecular weight is 294 g/mol. The standard InChI is InChI=1S/C19H15FO2/c1-12(15-7-4-5-9-17(15)19(21)22)18-11-14(20)10-13-6-2-3-8-16(13)18/h2-12H,1H3,(H,21,22)/t12-/m0/s1. The van der Waals surface area contributed by atoms with Crippen LogP contribution in [0.4, 0.5) is 4.39 Å². The summed E-state index contributed by atoms with van der Waals surface area (Å²) < 4.78 is 13.9. The molecule has 0 heterocycles. The number of benzene rings is 3. The zero-order valence-corrected chi connectivity index (χ0v) is 12.1. The van der Waals surface area contributed by atoms with E-state index < -0.39 is 5.97 Å². The van der Waals surface area contributed by atoms with Crippen LogP contribution in [-0.2, 0) is 0 Å². The van der Waals surface area contributed by atoms with Gasteiger partial charge in [-0.3, -0.25) is 0 Å². The highest BCUT2D eigenvalue weighted by Gasteiger charge is 2.18. The molecular weight excluding hydrogens is 279 g/mol. The molecule has 1 N–H and O–H groups in total. The van der Waals surface area contributed by atoms with Crippen LogP contribution in [0.15, 0.2) is 60.7 Å². The zero-order valence-electron chi connectivity index (χ0n) is 12.1. The maximum atomic E-state index is 13.9. The molecule has 1 atom stereocenters. The lowest BCUT2D eigenvalue weighted by Crippen LogP contribution is -2.07. The first-order valence-corrected chi connectivity index (χ1v) is 7.08. The highest BCUT2D eigenvalue weighted by molar-refractivity contribution is 5.91. The number of fused-ring (bicyclic) bond motifs is 1. The van der Waals surface area contributed by atoms with Gasteiger partial charge in [0.15, 0.2) is 0 Å². The van der Waals surface area contributed by atoms with Gasteiger partial charge in [0.1, 0.15) is 5.82 Å². The molecule has 2 nitrogen and oxygen atoms in total. The van der Waals surface area contributed by atoms with Crippen LogP contribution in [0.1, 0.15) is 34.3 Å². The van der Waals surface area contributed by atoms with E-state index in [-0.39, 0.29) is 17.3 Å². The summed E-state index contributed by atoms with van der Waals surface area (Å²) in [4.78, 5) is 11.4. The molecule has 0 bridgehead atoms. The predicted octanol–water partition coefficient (Wildman–Crippen LogP) is 4.83. The minimum absolute atomic E-state index is 0.215. The monoisotopic (exact) mass is 294 g/mol. The third kappa shape index (κ3) is 2.46. The van der Waals surface area contributed by atoms with E-state index in [1.54, 1.807) is 24.3 Å². The summed E-state index contributed by atoms with van der Waals surface area (Å²) in [5, 5.41) is 11.1. The summed E-state index contributed by atoms with van der Waals surface area (Å²) in [6.07, 6.45) is 0. The number of hydrogen-bond donors (Lipinski definition) is 1. The highest BCUT2D eigenvalue weighted by Crippen LogP contribution is 2.33. The van der Waals surface area contributed by atoms with Gasteiger partial charge in [-0.1, -0.05) is 49.4 Å². The van der Waals surface area contributed by atoms with Crippen molar-refractivity contribution in [2.75, 3.05) is 0 Å². The van der Waals surface area contributed by atoms with Crippen LogP contribution in [0.5, 0.6) is 0 Å². The summed E-state index contributed by atoms with van der Waals surface area (Å²) in [5.41, 5.74) is 1.73. The van der Waals surface area contributed by atoms with Crippen LogP contribution >= 0.6 is 0 Å². The lowest BCUT2D eigenvalue weighted by molar-refractivity contribution is 0.0695. The Morgan fingerprint density at radius 2 is 1.68 bits per heavy atom. The fourth-order valence-electron chi connectivity index (χ4n) is 2.90. The molecule has 0 saturated heterocycles. The van der Waals surface area contributed by atoms with Gasteiger partial charge in [0.05, 0.1) is 5.56 Å². The molecule has 3 heteroatoms. The smallest absolute Gasteiger partial charge is 0.335 e. The second kappa shape index (κ2) is 5.60. The fourth-order valence-corrected chi connectivity index (χ4v) is 2.90. The summed E-state index contributed by atoms with van der Waals surface area (Å²) in [6, 6.07) is 17.4.